The first-order valence-corrected chi connectivity index (χ1v) is 13.5. The molecule has 2 amide bonds. The second-order valence-electron chi connectivity index (χ2n) is 8.96. The minimum absolute atomic E-state index is 0.0282. The van der Waals surface area contributed by atoms with Gasteiger partial charge < -0.3 is 19.2 Å². The molecule has 5 rings (SSSR count). The minimum atomic E-state index is -4.65. The van der Waals surface area contributed by atoms with Crippen molar-refractivity contribution >= 4 is 23.2 Å². The molecule has 41 heavy (non-hydrogen) atoms. The molecule has 0 aliphatic carbocycles. The summed E-state index contributed by atoms with van der Waals surface area (Å²) in [4.78, 5) is 36.4. The summed E-state index contributed by atoms with van der Waals surface area (Å²) in [7, 11) is 0. The van der Waals surface area contributed by atoms with Crippen molar-refractivity contribution < 1.29 is 31.9 Å². The molecule has 12 nitrogen and oxygen atoms in total. The molecule has 3 N–H and O–H groups in total. The highest BCUT2D eigenvalue weighted by Gasteiger charge is 2.34. The van der Waals surface area contributed by atoms with Gasteiger partial charge in [0.05, 0.1) is 18.8 Å². The number of nitrogens with one attached hydrogen (secondary N) is 3. The lowest BCUT2D eigenvalue weighted by atomic mass is 10.0. The largest absolute Gasteiger partial charge is 0.474 e. The summed E-state index contributed by atoms with van der Waals surface area (Å²) >= 11 is 0.783. The molecule has 16 heteroatoms. The first-order valence-electron chi connectivity index (χ1n) is 12.6. The molecule has 4 aromatic rings. The first-order chi connectivity index (χ1) is 19.7. The Morgan fingerprint density at radius 3 is 2.66 bits per heavy atom. The quantitative estimate of drug-likeness (QED) is 0.264. The van der Waals surface area contributed by atoms with Crippen LogP contribution in [0, 0.1) is 0 Å². The SMILES string of the molecule is CCCNC(=O)Nc1cc(-c2nc(C(F)(F)F)cs2)c(-c2cc(-c3n[nH]c(=O)o3)cnc2OC2CCOCC2)cn1. The fourth-order valence-electron chi connectivity index (χ4n) is 4.00. The number of anilines is 1. The molecule has 0 atom stereocenters. The Balaban J connectivity index is 1.63. The predicted octanol–water partition coefficient (Wildman–Crippen LogP) is 4.72. The number of hydrogen-bond donors (Lipinski definition) is 3. The number of hydrogen-bond acceptors (Lipinski definition) is 10. The van der Waals surface area contributed by atoms with Crippen LogP contribution in [0.1, 0.15) is 31.9 Å². The minimum Gasteiger partial charge on any atom is -0.474 e. The molecule has 0 radical (unpaired) electrons. The number of pyridine rings is 2. The number of urea groups is 1. The average Bonchev–Trinajstić information content (AvgIpc) is 3.63. The van der Waals surface area contributed by atoms with Crippen LogP contribution in [0.25, 0.3) is 33.2 Å². The number of thiazole rings is 1. The van der Waals surface area contributed by atoms with Crippen LogP contribution >= 0.6 is 11.3 Å². The smallest absolute Gasteiger partial charge is 0.434 e. The molecular formula is C25H24F3N7O5S. The maximum Gasteiger partial charge on any atom is 0.434 e. The number of halogens is 3. The number of H-pyrrole nitrogens is 1. The van der Waals surface area contributed by atoms with Crippen molar-refractivity contribution in [3.8, 4) is 39.0 Å². The molecule has 1 aliphatic heterocycles. The Morgan fingerprint density at radius 2 is 1.98 bits per heavy atom. The third-order valence-electron chi connectivity index (χ3n) is 5.98. The van der Waals surface area contributed by atoms with Crippen molar-refractivity contribution in [1.29, 1.82) is 0 Å². The second kappa shape index (κ2) is 12.1. The van der Waals surface area contributed by atoms with Gasteiger partial charge in [-0.1, -0.05) is 6.92 Å². The van der Waals surface area contributed by atoms with Crippen LogP contribution in [-0.2, 0) is 10.9 Å². The van der Waals surface area contributed by atoms with Gasteiger partial charge in [-0.2, -0.15) is 13.2 Å². The lowest BCUT2D eigenvalue weighted by Gasteiger charge is -2.24. The van der Waals surface area contributed by atoms with Crippen LogP contribution in [0.2, 0.25) is 0 Å². The van der Waals surface area contributed by atoms with Crippen LogP contribution in [0.15, 0.2) is 39.1 Å². The normalized spacial score (nSPS) is 14.1. The van der Waals surface area contributed by atoms with E-state index in [0.717, 1.165) is 16.7 Å². The predicted molar refractivity (Wildman–Crippen MR) is 141 cm³/mol. The lowest BCUT2D eigenvalue weighted by Crippen LogP contribution is -2.29. The zero-order chi connectivity index (χ0) is 29.0. The van der Waals surface area contributed by atoms with Crippen LogP contribution < -0.4 is 21.1 Å². The second-order valence-corrected chi connectivity index (χ2v) is 9.81. The number of nitrogens with zero attached hydrogens (tertiary/aromatic N) is 4. The molecule has 0 spiro atoms. The van der Waals surface area contributed by atoms with Crippen LogP contribution in [0.3, 0.4) is 0 Å². The molecular weight excluding hydrogens is 567 g/mol. The Kier molecular flexibility index (Phi) is 8.30. The number of aromatic amines is 1. The highest BCUT2D eigenvalue weighted by atomic mass is 32.1. The zero-order valence-electron chi connectivity index (χ0n) is 21.6. The van der Waals surface area contributed by atoms with Crippen molar-refractivity contribution in [3.05, 3.63) is 46.2 Å². The van der Waals surface area contributed by atoms with E-state index in [1.165, 1.54) is 18.5 Å². The maximum atomic E-state index is 13.5. The van der Waals surface area contributed by atoms with Gasteiger partial charge in [-0.25, -0.2) is 29.6 Å². The molecule has 0 unspecified atom stereocenters. The molecule has 0 saturated carbocycles. The molecule has 1 saturated heterocycles. The third kappa shape index (κ3) is 6.71. The van der Waals surface area contributed by atoms with Gasteiger partial charge >= 0.3 is 18.0 Å². The maximum absolute atomic E-state index is 13.5. The van der Waals surface area contributed by atoms with Gasteiger partial charge in [0.1, 0.15) is 16.9 Å². The Bertz CT molecular complexity index is 1580. The molecule has 5 heterocycles. The molecule has 1 aliphatic rings. The van der Waals surface area contributed by atoms with Gasteiger partial charge in [0, 0.05) is 53.9 Å². The zero-order valence-corrected chi connectivity index (χ0v) is 22.4. The monoisotopic (exact) mass is 591 g/mol. The van der Waals surface area contributed by atoms with E-state index >= 15 is 0 Å². The molecule has 4 aromatic heterocycles. The van der Waals surface area contributed by atoms with Crippen molar-refractivity contribution in [2.45, 2.75) is 38.5 Å². The Labute approximate surface area is 234 Å². The Hall–Kier alpha value is -4.31. The summed E-state index contributed by atoms with van der Waals surface area (Å²) < 4.78 is 57.1. The topological polar surface area (TPSA) is 157 Å². The number of ether oxygens (including phenoxy) is 2. The van der Waals surface area contributed by atoms with Gasteiger partial charge in [-0.05, 0) is 18.6 Å². The van der Waals surface area contributed by atoms with E-state index in [-0.39, 0.29) is 34.3 Å². The first kappa shape index (κ1) is 28.2. The van der Waals surface area contributed by atoms with E-state index in [0.29, 0.717) is 55.7 Å². The summed E-state index contributed by atoms with van der Waals surface area (Å²) in [5, 5.41) is 12.2. The number of rotatable bonds is 8. The van der Waals surface area contributed by atoms with Crippen LogP contribution in [0.5, 0.6) is 5.88 Å². The van der Waals surface area contributed by atoms with Gasteiger partial charge in [0.15, 0.2) is 5.69 Å². The summed E-state index contributed by atoms with van der Waals surface area (Å²) in [5.74, 6) is -0.549. The number of amides is 2. The number of carbonyl (C=O) groups excluding carboxylic acids is 1. The van der Waals surface area contributed by atoms with Crippen molar-refractivity contribution in [3.63, 3.8) is 0 Å². The molecule has 0 bridgehead atoms. The fourth-order valence-corrected chi connectivity index (χ4v) is 4.86. The van der Waals surface area contributed by atoms with E-state index in [1.54, 1.807) is 6.07 Å². The summed E-state index contributed by atoms with van der Waals surface area (Å²) in [6, 6.07) is 2.49. The number of carbonyl (C=O) groups is 1. The lowest BCUT2D eigenvalue weighted by molar-refractivity contribution is -0.140. The highest BCUT2D eigenvalue weighted by Crippen LogP contribution is 2.42. The molecule has 216 valence electrons. The number of alkyl halides is 3. The summed E-state index contributed by atoms with van der Waals surface area (Å²) in [6.07, 6.45) is -0.153. The van der Waals surface area contributed by atoms with Crippen LogP contribution in [0.4, 0.5) is 23.8 Å². The Morgan fingerprint density at radius 1 is 1.17 bits per heavy atom. The van der Waals surface area contributed by atoms with E-state index in [9.17, 15) is 22.8 Å². The van der Waals surface area contributed by atoms with E-state index in [4.69, 9.17) is 13.9 Å². The van der Waals surface area contributed by atoms with Crippen LogP contribution in [-0.4, -0.2) is 57.0 Å². The summed E-state index contributed by atoms with van der Waals surface area (Å²) in [6.45, 7) is 3.32. The van der Waals surface area contributed by atoms with E-state index < -0.39 is 23.7 Å². The van der Waals surface area contributed by atoms with Crippen molar-refractivity contribution in [2.24, 2.45) is 0 Å². The highest BCUT2D eigenvalue weighted by molar-refractivity contribution is 7.13. The van der Waals surface area contributed by atoms with Gasteiger partial charge in [0.25, 0.3) is 5.89 Å². The van der Waals surface area contributed by atoms with Crippen molar-refractivity contribution in [1.82, 2.24) is 30.5 Å². The van der Waals surface area contributed by atoms with Gasteiger partial charge in [0.2, 0.25) is 5.88 Å². The third-order valence-corrected chi connectivity index (χ3v) is 6.85. The number of aromatic nitrogens is 5. The van der Waals surface area contributed by atoms with Gasteiger partial charge in [-0.3, -0.25) is 5.32 Å². The standard InChI is InChI=1S/C25H24F3N7O5S/c1-2-5-29-23(36)33-19-9-16(22-32-18(12-41-22)25(26,27)28)17(11-30-19)15-8-13(20-34-35-24(37)40-20)10-31-21(15)39-14-3-6-38-7-4-14/h8-12,14H,2-7H2,1H3,(H,35,37)(H2,29,30,33,36). The summed E-state index contributed by atoms with van der Waals surface area (Å²) in [5.41, 5.74) is 0.152. The molecule has 1 fully saturated rings. The van der Waals surface area contributed by atoms with E-state index in [2.05, 4.69) is 35.8 Å². The van der Waals surface area contributed by atoms with E-state index in [1.807, 2.05) is 6.92 Å². The average molecular weight is 592 g/mol. The van der Waals surface area contributed by atoms with Gasteiger partial charge in [-0.15, -0.1) is 16.4 Å². The fraction of sp³-hybridized carbons (Fsp3) is 0.360. The van der Waals surface area contributed by atoms with Crippen molar-refractivity contribution in [2.75, 3.05) is 25.1 Å². The molecule has 0 aromatic carbocycles.